The lowest BCUT2D eigenvalue weighted by Crippen LogP contribution is -2.39. The van der Waals surface area contributed by atoms with Crippen molar-refractivity contribution in [2.45, 2.75) is 19.3 Å². The maximum absolute atomic E-state index is 13.5. The molecule has 0 spiro atoms. The molecule has 3 nitrogen and oxygen atoms in total. The maximum atomic E-state index is 13.5. The van der Waals surface area contributed by atoms with Crippen LogP contribution in [0.2, 0.25) is 5.02 Å². The van der Waals surface area contributed by atoms with Crippen LogP contribution >= 0.6 is 11.6 Å². The monoisotopic (exact) mass is 288 g/mol. The predicted octanol–water partition coefficient (Wildman–Crippen LogP) is 3.04. The number of piperidine rings is 1. The summed E-state index contributed by atoms with van der Waals surface area (Å²) < 4.78 is 26.4. The van der Waals surface area contributed by atoms with E-state index in [0.717, 1.165) is 44.5 Å². The van der Waals surface area contributed by atoms with Crippen molar-refractivity contribution in [2.75, 3.05) is 25.0 Å². The summed E-state index contributed by atoms with van der Waals surface area (Å²) in [5, 5.41) is 2.57. The molecule has 1 aromatic rings. The van der Waals surface area contributed by atoms with E-state index in [1.807, 2.05) is 0 Å². The molecule has 1 aromatic carbocycles. The van der Waals surface area contributed by atoms with Gasteiger partial charge in [0, 0.05) is 19.2 Å². The molecular formula is C13H15ClF2N2O. The second kappa shape index (κ2) is 6.19. The zero-order valence-corrected chi connectivity index (χ0v) is 11.1. The van der Waals surface area contributed by atoms with Gasteiger partial charge in [-0.25, -0.2) is 8.78 Å². The molecule has 0 bridgehead atoms. The van der Waals surface area contributed by atoms with Gasteiger partial charge in [-0.05, 0) is 25.3 Å². The molecule has 0 saturated carbocycles. The highest BCUT2D eigenvalue weighted by Gasteiger charge is 2.17. The van der Waals surface area contributed by atoms with Crippen LogP contribution in [0.5, 0.6) is 0 Å². The molecule has 1 fully saturated rings. The first-order valence-electron chi connectivity index (χ1n) is 6.24. The molecule has 19 heavy (non-hydrogen) atoms. The summed E-state index contributed by atoms with van der Waals surface area (Å²) >= 11 is 5.74. The molecule has 0 aliphatic carbocycles. The van der Waals surface area contributed by atoms with Gasteiger partial charge >= 0.3 is 0 Å². The van der Waals surface area contributed by atoms with Crippen molar-refractivity contribution in [1.29, 1.82) is 0 Å². The zero-order chi connectivity index (χ0) is 13.8. The first kappa shape index (κ1) is 14.1. The Morgan fingerprint density at radius 3 is 2.58 bits per heavy atom. The second-order valence-corrected chi connectivity index (χ2v) is 4.95. The number of anilines is 1. The van der Waals surface area contributed by atoms with Crippen molar-refractivity contribution < 1.29 is 13.6 Å². The fraction of sp³-hybridized carbons (Fsp3) is 0.462. The number of hydrogen-bond acceptors (Lipinski definition) is 2. The fourth-order valence-electron chi connectivity index (χ4n) is 2.13. The SMILES string of the molecule is O=C(CNc1c(F)cc(F)cc1Cl)N1CCCCC1. The standard InChI is InChI=1S/C13H15ClF2N2O/c14-10-6-9(15)7-11(16)13(10)17-8-12(19)18-4-2-1-3-5-18/h6-7,17H,1-5,8H2. The largest absolute Gasteiger partial charge is 0.373 e. The third kappa shape index (κ3) is 3.56. The normalized spacial score (nSPS) is 15.4. The molecule has 0 atom stereocenters. The summed E-state index contributed by atoms with van der Waals surface area (Å²) in [6, 6.07) is 1.75. The molecule has 1 amide bonds. The molecule has 104 valence electrons. The molecule has 6 heteroatoms. The topological polar surface area (TPSA) is 32.3 Å². The predicted molar refractivity (Wildman–Crippen MR) is 70.3 cm³/mol. The van der Waals surface area contributed by atoms with E-state index in [4.69, 9.17) is 11.6 Å². The van der Waals surface area contributed by atoms with E-state index in [2.05, 4.69) is 5.32 Å². The van der Waals surface area contributed by atoms with E-state index < -0.39 is 11.6 Å². The Hall–Kier alpha value is -1.36. The Morgan fingerprint density at radius 2 is 1.95 bits per heavy atom. The van der Waals surface area contributed by atoms with Gasteiger partial charge in [0.15, 0.2) is 5.82 Å². The lowest BCUT2D eigenvalue weighted by Gasteiger charge is -2.27. The molecule has 1 heterocycles. The van der Waals surface area contributed by atoms with E-state index in [9.17, 15) is 13.6 Å². The van der Waals surface area contributed by atoms with Gasteiger partial charge in [0.1, 0.15) is 5.82 Å². The number of likely N-dealkylation sites (tertiary alicyclic amines) is 1. The molecule has 1 aliphatic heterocycles. The number of carbonyl (C=O) groups excluding carboxylic acids is 1. The minimum absolute atomic E-state index is 0.0339. The van der Waals surface area contributed by atoms with Crippen molar-refractivity contribution >= 4 is 23.2 Å². The number of amides is 1. The summed E-state index contributed by atoms with van der Waals surface area (Å²) in [4.78, 5) is 13.6. The lowest BCUT2D eigenvalue weighted by molar-refractivity contribution is -0.130. The molecule has 0 radical (unpaired) electrons. The first-order valence-corrected chi connectivity index (χ1v) is 6.62. The molecule has 0 aromatic heterocycles. The minimum atomic E-state index is -0.795. The van der Waals surface area contributed by atoms with Crippen molar-refractivity contribution in [2.24, 2.45) is 0 Å². The van der Waals surface area contributed by atoms with E-state index >= 15 is 0 Å². The molecule has 1 saturated heterocycles. The van der Waals surface area contributed by atoms with Crippen LogP contribution in [-0.4, -0.2) is 30.4 Å². The maximum Gasteiger partial charge on any atom is 0.241 e. The number of hydrogen-bond donors (Lipinski definition) is 1. The Balaban J connectivity index is 1.96. The van der Waals surface area contributed by atoms with Gasteiger partial charge in [-0.15, -0.1) is 0 Å². The average molecular weight is 289 g/mol. The van der Waals surface area contributed by atoms with E-state index in [1.165, 1.54) is 0 Å². The van der Waals surface area contributed by atoms with Gasteiger partial charge in [0.05, 0.1) is 17.3 Å². The summed E-state index contributed by atoms with van der Waals surface area (Å²) in [7, 11) is 0. The summed E-state index contributed by atoms with van der Waals surface area (Å²) in [6.45, 7) is 1.43. The summed E-state index contributed by atoms with van der Waals surface area (Å²) in [5.74, 6) is -1.63. The van der Waals surface area contributed by atoms with Crippen molar-refractivity contribution in [3.63, 3.8) is 0 Å². The van der Waals surface area contributed by atoms with Crippen LogP contribution < -0.4 is 5.32 Å². The number of nitrogens with one attached hydrogen (secondary N) is 1. The third-order valence-electron chi connectivity index (χ3n) is 3.13. The van der Waals surface area contributed by atoms with E-state index in [0.29, 0.717) is 0 Å². The molecule has 1 aliphatic rings. The Kier molecular flexibility index (Phi) is 4.58. The van der Waals surface area contributed by atoms with Crippen molar-refractivity contribution in [1.82, 2.24) is 4.90 Å². The highest BCUT2D eigenvalue weighted by Crippen LogP contribution is 2.26. The number of rotatable bonds is 3. The second-order valence-electron chi connectivity index (χ2n) is 4.54. The first-order chi connectivity index (χ1) is 9.08. The van der Waals surface area contributed by atoms with Crippen molar-refractivity contribution in [3.8, 4) is 0 Å². The van der Waals surface area contributed by atoms with Gasteiger partial charge in [-0.3, -0.25) is 4.79 Å². The number of nitrogens with zero attached hydrogens (tertiary/aromatic N) is 1. The van der Waals surface area contributed by atoms with Gasteiger partial charge in [-0.1, -0.05) is 11.6 Å². The van der Waals surface area contributed by atoms with E-state index in [1.54, 1.807) is 4.90 Å². The summed E-state index contributed by atoms with van der Waals surface area (Å²) in [6.07, 6.45) is 3.13. The van der Waals surface area contributed by atoms with Crippen LogP contribution in [0.25, 0.3) is 0 Å². The fourth-order valence-corrected chi connectivity index (χ4v) is 2.39. The molecular weight excluding hydrogens is 274 g/mol. The quantitative estimate of drug-likeness (QED) is 0.927. The molecule has 0 unspecified atom stereocenters. The molecule has 1 N–H and O–H groups in total. The highest BCUT2D eigenvalue weighted by atomic mass is 35.5. The Bertz CT molecular complexity index is 453. The average Bonchev–Trinajstić information content (AvgIpc) is 2.38. The summed E-state index contributed by atoms with van der Waals surface area (Å²) in [5.41, 5.74) is -0.0339. The van der Waals surface area contributed by atoms with Crippen LogP contribution in [-0.2, 0) is 4.79 Å². The van der Waals surface area contributed by atoms with Crippen molar-refractivity contribution in [3.05, 3.63) is 28.8 Å². The van der Waals surface area contributed by atoms with Crippen LogP contribution in [0.3, 0.4) is 0 Å². The van der Waals surface area contributed by atoms with Gasteiger partial charge in [0.25, 0.3) is 0 Å². The zero-order valence-electron chi connectivity index (χ0n) is 10.4. The van der Waals surface area contributed by atoms with Crippen LogP contribution in [0.15, 0.2) is 12.1 Å². The molecule has 2 rings (SSSR count). The van der Waals surface area contributed by atoms with Gasteiger partial charge in [-0.2, -0.15) is 0 Å². The van der Waals surface area contributed by atoms with Crippen LogP contribution in [0, 0.1) is 11.6 Å². The van der Waals surface area contributed by atoms with Gasteiger partial charge in [0.2, 0.25) is 5.91 Å². The lowest BCUT2D eigenvalue weighted by atomic mass is 10.1. The Morgan fingerprint density at radius 1 is 1.26 bits per heavy atom. The van der Waals surface area contributed by atoms with E-state index in [-0.39, 0.29) is 23.2 Å². The number of benzene rings is 1. The van der Waals surface area contributed by atoms with Crippen LogP contribution in [0.4, 0.5) is 14.5 Å². The number of carbonyl (C=O) groups is 1. The highest BCUT2D eigenvalue weighted by molar-refractivity contribution is 6.33. The third-order valence-corrected chi connectivity index (χ3v) is 3.43. The Labute approximate surface area is 115 Å². The smallest absolute Gasteiger partial charge is 0.241 e. The van der Waals surface area contributed by atoms with Gasteiger partial charge < -0.3 is 10.2 Å². The van der Waals surface area contributed by atoms with Crippen LogP contribution in [0.1, 0.15) is 19.3 Å². The minimum Gasteiger partial charge on any atom is -0.373 e. The number of halogens is 3.